The summed E-state index contributed by atoms with van der Waals surface area (Å²) in [5.74, 6) is 0.194. The van der Waals surface area contributed by atoms with Gasteiger partial charge in [-0.2, -0.15) is 5.10 Å². The van der Waals surface area contributed by atoms with Gasteiger partial charge in [-0.25, -0.2) is 9.67 Å². The van der Waals surface area contributed by atoms with Gasteiger partial charge in [0.2, 0.25) is 0 Å². The summed E-state index contributed by atoms with van der Waals surface area (Å²) in [5.41, 5.74) is 3.17. The molecule has 0 unspecified atom stereocenters. The van der Waals surface area contributed by atoms with Gasteiger partial charge in [0, 0.05) is 25.0 Å². The highest BCUT2D eigenvalue weighted by molar-refractivity contribution is 6.33. The molecule has 1 amide bonds. The van der Waals surface area contributed by atoms with Crippen molar-refractivity contribution in [1.29, 1.82) is 0 Å². The maximum Gasteiger partial charge on any atom is 0.255 e. The number of hydrogen-bond acceptors (Lipinski definition) is 4. The van der Waals surface area contributed by atoms with Gasteiger partial charge in [0.1, 0.15) is 18.4 Å². The number of ether oxygens (including phenoxy) is 1. The molecule has 0 aliphatic rings. The molecule has 0 atom stereocenters. The first-order valence-electron chi connectivity index (χ1n) is 9.34. The molecule has 30 heavy (non-hydrogen) atoms. The van der Waals surface area contributed by atoms with E-state index in [0.717, 1.165) is 16.8 Å². The molecule has 2 heterocycles. The molecule has 4 rings (SSSR count). The van der Waals surface area contributed by atoms with Crippen molar-refractivity contribution in [2.75, 3.05) is 7.11 Å². The van der Waals surface area contributed by atoms with Crippen molar-refractivity contribution < 1.29 is 9.53 Å². The second-order valence-electron chi connectivity index (χ2n) is 6.64. The summed E-state index contributed by atoms with van der Waals surface area (Å²) in [6, 6.07) is 15.1. The lowest BCUT2D eigenvalue weighted by molar-refractivity contribution is 0.0948. The molecule has 1 N–H and O–H groups in total. The van der Waals surface area contributed by atoms with E-state index in [1.807, 2.05) is 53.4 Å². The lowest BCUT2D eigenvalue weighted by Crippen LogP contribution is -2.24. The highest BCUT2D eigenvalue weighted by atomic mass is 35.5. The number of benzene rings is 2. The van der Waals surface area contributed by atoms with Crippen molar-refractivity contribution in [2.45, 2.75) is 13.1 Å². The summed E-state index contributed by atoms with van der Waals surface area (Å²) >= 11 is 6.44. The quantitative estimate of drug-likeness (QED) is 0.493. The van der Waals surface area contributed by atoms with E-state index in [-0.39, 0.29) is 5.91 Å². The van der Waals surface area contributed by atoms with Gasteiger partial charge in [-0.15, -0.1) is 0 Å². The number of carbonyl (C=O) groups excluding carboxylic acids is 1. The van der Waals surface area contributed by atoms with Gasteiger partial charge in [0.15, 0.2) is 0 Å². The van der Waals surface area contributed by atoms with E-state index in [0.29, 0.717) is 29.4 Å². The van der Waals surface area contributed by atoms with Gasteiger partial charge >= 0.3 is 0 Å². The van der Waals surface area contributed by atoms with Crippen molar-refractivity contribution in [3.63, 3.8) is 0 Å². The van der Waals surface area contributed by atoms with Gasteiger partial charge < -0.3 is 14.6 Å². The molecule has 2 aromatic carbocycles. The Balaban J connectivity index is 1.53. The SMILES string of the molecule is COc1cc(-n2cccc2)c(Cl)cc1C(=O)NCc1ccccc1Cn1cncn1. The number of nitrogens with one attached hydrogen (secondary N) is 1. The summed E-state index contributed by atoms with van der Waals surface area (Å²) in [7, 11) is 1.53. The Morgan fingerprint density at radius 2 is 1.90 bits per heavy atom. The van der Waals surface area contributed by atoms with Crippen LogP contribution in [-0.2, 0) is 13.1 Å². The van der Waals surface area contributed by atoms with Gasteiger partial charge in [0.05, 0.1) is 29.9 Å². The minimum Gasteiger partial charge on any atom is -0.496 e. The minimum absolute atomic E-state index is 0.261. The first-order chi connectivity index (χ1) is 14.7. The highest BCUT2D eigenvalue weighted by Crippen LogP contribution is 2.30. The molecule has 4 aromatic rings. The molecule has 0 fully saturated rings. The number of halogens is 1. The van der Waals surface area contributed by atoms with Crippen molar-refractivity contribution in [1.82, 2.24) is 24.6 Å². The Bertz CT molecular complexity index is 1140. The summed E-state index contributed by atoms with van der Waals surface area (Å²) in [6.07, 6.45) is 6.92. The van der Waals surface area contributed by atoms with Crippen molar-refractivity contribution in [3.8, 4) is 11.4 Å². The van der Waals surface area contributed by atoms with Crippen LogP contribution in [0.2, 0.25) is 5.02 Å². The lowest BCUT2D eigenvalue weighted by Gasteiger charge is -2.15. The molecule has 2 aromatic heterocycles. The van der Waals surface area contributed by atoms with Crippen LogP contribution in [0, 0.1) is 0 Å². The number of methoxy groups -OCH3 is 1. The van der Waals surface area contributed by atoms with E-state index < -0.39 is 0 Å². The molecule has 0 radical (unpaired) electrons. The Kier molecular flexibility index (Phi) is 5.81. The van der Waals surface area contributed by atoms with E-state index in [9.17, 15) is 4.79 Å². The number of rotatable bonds is 7. The first-order valence-corrected chi connectivity index (χ1v) is 9.72. The van der Waals surface area contributed by atoms with Gasteiger partial charge in [-0.1, -0.05) is 35.9 Å². The van der Waals surface area contributed by atoms with Gasteiger partial charge in [-0.3, -0.25) is 4.79 Å². The number of nitrogens with zero attached hydrogens (tertiary/aromatic N) is 4. The fourth-order valence-corrected chi connectivity index (χ4v) is 3.49. The van der Waals surface area contributed by atoms with Crippen LogP contribution < -0.4 is 10.1 Å². The zero-order chi connectivity index (χ0) is 20.9. The molecule has 8 heteroatoms. The third-order valence-corrected chi connectivity index (χ3v) is 5.06. The van der Waals surface area contributed by atoms with Crippen LogP contribution in [0.4, 0.5) is 0 Å². The van der Waals surface area contributed by atoms with Crippen LogP contribution in [0.3, 0.4) is 0 Å². The van der Waals surface area contributed by atoms with Crippen molar-refractivity contribution in [2.24, 2.45) is 0 Å². The Morgan fingerprint density at radius 3 is 2.60 bits per heavy atom. The minimum atomic E-state index is -0.261. The van der Waals surface area contributed by atoms with Crippen molar-refractivity contribution in [3.05, 3.63) is 95.3 Å². The van der Waals surface area contributed by atoms with E-state index in [1.54, 1.807) is 23.1 Å². The molecule has 0 saturated carbocycles. The molecule has 0 spiro atoms. The number of amides is 1. The molecule has 0 aliphatic carbocycles. The molecule has 0 aliphatic heterocycles. The highest BCUT2D eigenvalue weighted by Gasteiger charge is 2.17. The fraction of sp³-hybridized carbons (Fsp3) is 0.136. The smallest absolute Gasteiger partial charge is 0.255 e. The maximum absolute atomic E-state index is 12.9. The molecule has 0 bridgehead atoms. The Labute approximate surface area is 178 Å². The predicted octanol–water partition coefficient (Wildman–Crippen LogP) is 3.71. The van der Waals surface area contributed by atoms with Crippen LogP contribution in [0.1, 0.15) is 21.5 Å². The van der Waals surface area contributed by atoms with Gasteiger partial charge in [-0.05, 0) is 29.3 Å². The van der Waals surface area contributed by atoms with E-state index >= 15 is 0 Å². The summed E-state index contributed by atoms with van der Waals surface area (Å²) in [5, 5.41) is 7.57. The van der Waals surface area contributed by atoms with E-state index in [2.05, 4.69) is 15.4 Å². The first kappa shape index (κ1) is 19.7. The maximum atomic E-state index is 12.9. The molecule has 7 nitrogen and oxygen atoms in total. The van der Waals surface area contributed by atoms with Crippen LogP contribution in [0.25, 0.3) is 5.69 Å². The number of hydrogen-bond donors (Lipinski definition) is 1. The number of aromatic nitrogens is 4. The lowest BCUT2D eigenvalue weighted by atomic mass is 10.1. The average molecular weight is 422 g/mol. The largest absolute Gasteiger partial charge is 0.496 e. The van der Waals surface area contributed by atoms with Crippen LogP contribution in [0.5, 0.6) is 5.75 Å². The molecule has 152 valence electrons. The molecular formula is C22H20ClN5O2. The third kappa shape index (κ3) is 4.21. The second kappa shape index (κ2) is 8.84. The third-order valence-electron chi connectivity index (χ3n) is 4.75. The van der Waals surface area contributed by atoms with Crippen LogP contribution in [-0.4, -0.2) is 32.3 Å². The average Bonchev–Trinajstić information content (AvgIpc) is 3.47. The van der Waals surface area contributed by atoms with E-state index in [1.165, 1.54) is 13.4 Å². The van der Waals surface area contributed by atoms with Crippen LogP contribution in [0.15, 0.2) is 73.6 Å². The fourth-order valence-electron chi connectivity index (χ4n) is 3.23. The number of carbonyl (C=O) groups is 1. The topological polar surface area (TPSA) is 74.0 Å². The normalized spacial score (nSPS) is 10.7. The predicted molar refractivity (Wildman–Crippen MR) is 114 cm³/mol. The summed E-state index contributed by atoms with van der Waals surface area (Å²) in [4.78, 5) is 16.9. The monoisotopic (exact) mass is 421 g/mol. The molecule has 0 saturated heterocycles. The Morgan fingerprint density at radius 1 is 1.13 bits per heavy atom. The Hall–Kier alpha value is -3.58. The van der Waals surface area contributed by atoms with E-state index in [4.69, 9.17) is 16.3 Å². The summed E-state index contributed by atoms with van der Waals surface area (Å²) < 4.78 is 9.06. The van der Waals surface area contributed by atoms with Crippen molar-refractivity contribution >= 4 is 17.5 Å². The standard InChI is InChI=1S/C22H20ClN5O2/c1-30-21-11-20(27-8-4-5-9-27)19(23)10-18(21)22(29)25-12-16-6-2-3-7-17(16)13-28-15-24-14-26-28/h2-11,14-15H,12-13H2,1H3,(H,25,29). The second-order valence-corrected chi connectivity index (χ2v) is 7.05. The zero-order valence-corrected chi connectivity index (χ0v) is 17.1. The molecular weight excluding hydrogens is 402 g/mol. The zero-order valence-electron chi connectivity index (χ0n) is 16.3. The summed E-state index contributed by atoms with van der Waals surface area (Å²) in [6.45, 7) is 0.941. The van der Waals surface area contributed by atoms with Gasteiger partial charge in [0.25, 0.3) is 5.91 Å². The van der Waals surface area contributed by atoms with Crippen LogP contribution >= 0.6 is 11.6 Å².